The van der Waals surface area contributed by atoms with E-state index in [9.17, 15) is 18.4 Å². The quantitative estimate of drug-likeness (QED) is 0.266. The smallest absolute Gasteiger partial charge is 0.266 e. The molecule has 3 aromatic rings. The van der Waals surface area contributed by atoms with Crippen LogP contribution in [0.2, 0.25) is 5.15 Å². The zero-order chi connectivity index (χ0) is 22.3. The van der Waals surface area contributed by atoms with Gasteiger partial charge in [0.05, 0.1) is 28.5 Å². The average Bonchev–Trinajstić information content (AvgIpc) is 3.54. The van der Waals surface area contributed by atoms with Crippen LogP contribution < -0.4 is 5.32 Å². The van der Waals surface area contributed by atoms with Crippen LogP contribution in [0.15, 0.2) is 29.4 Å². The maximum absolute atomic E-state index is 14.6. The van der Waals surface area contributed by atoms with Crippen molar-refractivity contribution in [3.05, 3.63) is 51.9 Å². The lowest BCUT2D eigenvalue weighted by Gasteiger charge is -2.19. The largest absolute Gasteiger partial charge is 0.363 e. The number of halogens is 4. The van der Waals surface area contributed by atoms with Crippen molar-refractivity contribution in [1.29, 1.82) is 5.26 Å². The standard InChI is InChI=1S/C21H17ClF3N5S/c1-10(11-4-3-5-12(15(11)23)17(24)25)27-18-13-8-14(21(9-26)6-7-21)16(22)28-19(13)30-20(29-18)31-2/h3-5,8,10,17H,6-7H2,1-2H3,(H,27,28,29,30)/t10-/m1/s1. The number of anilines is 1. The van der Waals surface area contributed by atoms with Crippen LogP contribution >= 0.6 is 23.4 Å². The van der Waals surface area contributed by atoms with Crippen molar-refractivity contribution >= 4 is 40.2 Å². The van der Waals surface area contributed by atoms with E-state index in [2.05, 4.69) is 26.3 Å². The Balaban J connectivity index is 1.80. The molecule has 0 saturated heterocycles. The van der Waals surface area contributed by atoms with Crippen LogP contribution in [0.1, 0.15) is 48.9 Å². The molecule has 0 aliphatic heterocycles. The zero-order valence-electron chi connectivity index (χ0n) is 16.6. The summed E-state index contributed by atoms with van der Waals surface area (Å²) >= 11 is 7.65. The van der Waals surface area contributed by atoms with Crippen LogP contribution in [0.3, 0.4) is 0 Å². The van der Waals surface area contributed by atoms with E-state index in [0.717, 1.165) is 6.07 Å². The highest BCUT2D eigenvalue weighted by Gasteiger charge is 2.47. The van der Waals surface area contributed by atoms with Crippen LogP contribution in [0, 0.1) is 17.1 Å². The van der Waals surface area contributed by atoms with Crippen molar-refractivity contribution in [3.63, 3.8) is 0 Å². The van der Waals surface area contributed by atoms with E-state index in [1.165, 1.54) is 23.9 Å². The molecule has 0 amide bonds. The normalized spacial score (nSPS) is 15.7. The molecule has 1 fully saturated rings. The number of thioether (sulfide) groups is 1. The number of aromatic nitrogens is 3. The van der Waals surface area contributed by atoms with Gasteiger partial charge in [0.1, 0.15) is 16.8 Å². The fraction of sp³-hybridized carbons (Fsp3) is 0.333. The Kier molecular flexibility index (Phi) is 5.71. The molecule has 4 rings (SSSR count). The summed E-state index contributed by atoms with van der Waals surface area (Å²) in [6, 6.07) is 7.28. The molecule has 160 valence electrons. The van der Waals surface area contributed by atoms with Crippen molar-refractivity contribution in [2.75, 3.05) is 11.6 Å². The number of fused-ring (bicyclic) bond motifs is 1. The summed E-state index contributed by atoms with van der Waals surface area (Å²) < 4.78 is 40.9. The molecule has 0 bridgehead atoms. The molecule has 31 heavy (non-hydrogen) atoms. The van der Waals surface area contributed by atoms with Gasteiger partial charge in [-0.15, -0.1) is 0 Å². The summed E-state index contributed by atoms with van der Waals surface area (Å²) in [6.07, 6.45) is 0.255. The van der Waals surface area contributed by atoms with Crippen molar-refractivity contribution in [2.24, 2.45) is 0 Å². The van der Waals surface area contributed by atoms with Gasteiger partial charge >= 0.3 is 0 Å². The highest BCUT2D eigenvalue weighted by Crippen LogP contribution is 2.50. The maximum atomic E-state index is 14.6. The van der Waals surface area contributed by atoms with Crippen molar-refractivity contribution in [2.45, 2.75) is 42.8 Å². The Morgan fingerprint density at radius 3 is 2.55 bits per heavy atom. The first-order valence-electron chi connectivity index (χ1n) is 9.46. The van der Waals surface area contributed by atoms with Gasteiger partial charge in [-0.2, -0.15) is 5.26 Å². The van der Waals surface area contributed by atoms with Gasteiger partial charge in [-0.05, 0) is 32.1 Å². The molecule has 2 aromatic heterocycles. The van der Waals surface area contributed by atoms with Crippen LogP contribution in [0.5, 0.6) is 0 Å². The second-order valence-corrected chi connectivity index (χ2v) is 8.50. The molecule has 10 heteroatoms. The minimum atomic E-state index is -2.91. The number of alkyl halides is 2. The van der Waals surface area contributed by atoms with Gasteiger partial charge in [0, 0.05) is 11.1 Å². The fourth-order valence-corrected chi connectivity index (χ4v) is 4.15. The van der Waals surface area contributed by atoms with Crippen molar-refractivity contribution in [1.82, 2.24) is 15.0 Å². The van der Waals surface area contributed by atoms with Crippen molar-refractivity contribution in [3.8, 4) is 6.07 Å². The minimum absolute atomic E-state index is 0.0908. The number of pyridine rings is 1. The number of nitriles is 1. The highest BCUT2D eigenvalue weighted by molar-refractivity contribution is 7.98. The van der Waals surface area contributed by atoms with E-state index in [1.54, 1.807) is 19.2 Å². The highest BCUT2D eigenvalue weighted by atomic mass is 35.5. The number of nitrogens with one attached hydrogen (secondary N) is 1. The number of benzene rings is 1. The summed E-state index contributed by atoms with van der Waals surface area (Å²) in [5.41, 5.74) is -0.293. The van der Waals surface area contributed by atoms with Gasteiger partial charge in [-0.3, -0.25) is 0 Å². The molecule has 1 N–H and O–H groups in total. The second kappa shape index (κ2) is 8.17. The van der Waals surface area contributed by atoms with E-state index in [-0.39, 0.29) is 10.7 Å². The first-order valence-corrected chi connectivity index (χ1v) is 11.1. The Morgan fingerprint density at radius 2 is 1.94 bits per heavy atom. The summed E-state index contributed by atoms with van der Waals surface area (Å²) in [5, 5.41) is 13.8. The molecule has 1 aromatic carbocycles. The van der Waals surface area contributed by atoms with Crippen LogP contribution in [-0.2, 0) is 5.41 Å². The van der Waals surface area contributed by atoms with Gasteiger partial charge < -0.3 is 5.32 Å². The van der Waals surface area contributed by atoms with E-state index in [0.29, 0.717) is 40.4 Å². The molecule has 0 radical (unpaired) electrons. The van der Waals surface area contributed by atoms with E-state index in [1.807, 2.05) is 0 Å². The molecule has 1 saturated carbocycles. The number of hydrogen-bond acceptors (Lipinski definition) is 6. The number of hydrogen-bond donors (Lipinski definition) is 1. The van der Waals surface area contributed by atoms with E-state index < -0.39 is 29.3 Å². The molecule has 0 spiro atoms. The Morgan fingerprint density at radius 1 is 1.23 bits per heavy atom. The molecule has 2 heterocycles. The Labute approximate surface area is 186 Å². The minimum Gasteiger partial charge on any atom is -0.363 e. The Bertz CT molecular complexity index is 1210. The third-order valence-electron chi connectivity index (χ3n) is 5.40. The molecule has 1 atom stereocenters. The Hall–Kier alpha value is -2.57. The third kappa shape index (κ3) is 3.90. The summed E-state index contributed by atoms with van der Waals surface area (Å²) in [7, 11) is 0. The van der Waals surface area contributed by atoms with Crippen LogP contribution in [0.25, 0.3) is 11.0 Å². The monoisotopic (exact) mass is 463 g/mol. The third-order valence-corrected chi connectivity index (χ3v) is 6.23. The lowest BCUT2D eigenvalue weighted by molar-refractivity contribution is 0.146. The van der Waals surface area contributed by atoms with Crippen molar-refractivity contribution < 1.29 is 13.2 Å². The molecule has 1 aliphatic rings. The summed E-state index contributed by atoms with van der Waals surface area (Å²) in [5.74, 6) is -0.591. The maximum Gasteiger partial charge on any atom is 0.266 e. The fourth-order valence-electron chi connectivity index (χ4n) is 3.47. The van der Waals surface area contributed by atoms with E-state index in [4.69, 9.17) is 11.6 Å². The molecule has 0 unspecified atom stereocenters. The van der Waals surface area contributed by atoms with Gasteiger partial charge in [0.2, 0.25) is 0 Å². The first kappa shape index (κ1) is 21.7. The summed E-state index contributed by atoms with van der Waals surface area (Å²) in [4.78, 5) is 13.2. The van der Waals surface area contributed by atoms with Gasteiger partial charge in [0.25, 0.3) is 6.43 Å². The lowest BCUT2D eigenvalue weighted by atomic mass is 9.98. The molecule has 1 aliphatic carbocycles. The first-order chi connectivity index (χ1) is 14.8. The average molecular weight is 464 g/mol. The SMILES string of the molecule is CSc1nc(N[C@H](C)c2cccc(C(F)F)c2F)c2cc(C3(C#N)CC3)c(Cl)nc2n1. The van der Waals surface area contributed by atoms with Crippen LogP contribution in [-0.4, -0.2) is 21.2 Å². The van der Waals surface area contributed by atoms with Gasteiger partial charge in [-0.1, -0.05) is 41.6 Å². The predicted octanol–water partition coefficient (Wildman–Crippen LogP) is 6.21. The lowest BCUT2D eigenvalue weighted by Crippen LogP contribution is -2.13. The van der Waals surface area contributed by atoms with Gasteiger partial charge in [0.15, 0.2) is 10.8 Å². The second-order valence-electron chi connectivity index (χ2n) is 7.37. The summed E-state index contributed by atoms with van der Waals surface area (Å²) in [6.45, 7) is 1.66. The van der Waals surface area contributed by atoms with E-state index >= 15 is 0 Å². The number of rotatable bonds is 6. The van der Waals surface area contributed by atoms with Crippen LogP contribution in [0.4, 0.5) is 19.0 Å². The molecular weight excluding hydrogens is 447 g/mol. The molecule has 5 nitrogen and oxygen atoms in total. The number of nitrogens with zero attached hydrogens (tertiary/aromatic N) is 4. The van der Waals surface area contributed by atoms with Gasteiger partial charge in [-0.25, -0.2) is 28.1 Å². The molecular formula is C21H17ClF3N5S. The topological polar surface area (TPSA) is 74.5 Å². The predicted molar refractivity (Wildman–Crippen MR) is 114 cm³/mol. The zero-order valence-corrected chi connectivity index (χ0v) is 18.2.